The molecule has 0 aromatic carbocycles. The van der Waals surface area contributed by atoms with Crippen LogP contribution in [0.25, 0.3) is 0 Å². The average Bonchev–Trinajstić information content (AvgIpc) is 2.19. The van der Waals surface area contributed by atoms with Gasteiger partial charge in [0.1, 0.15) is 0 Å². The Hall–Kier alpha value is 0.543. The maximum atomic E-state index is 2.54. The molecule has 0 saturated heterocycles. The monoisotopic (exact) mass is 288 g/mol. The van der Waals surface area contributed by atoms with Gasteiger partial charge in [0, 0.05) is 0 Å². The molecule has 0 aliphatic heterocycles. The van der Waals surface area contributed by atoms with Crippen LogP contribution in [-0.2, 0) is 0 Å². The summed E-state index contributed by atoms with van der Waals surface area (Å²) >= 11 is -1.20. The molecule has 0 bridgehead atoms. The van der Waals surface area contributed by atoms with Crippen LogP contribution in [0.1, 0.15) is 71.1 Å². The summed E-state index contributed by atoms with van der Waals surface area (Å²) in [6, 6.07) is 0. The third kappa shape index (κ3) is 14.5. The summed E-state index contributed by atoms with van der Waals surface area (Å²) in [5.41, 5.74) is 0. The van der Waals surface area contributed by atoms with Gasteiger partial charge in [0.15, 0.2) is 0 Å². The third-order valence-corrected chi connectivity index (χ3v) is 7.17. The normalized spacial score (nSPS) is 12.0. The second-order valence-corrected chi connectivity index (χ2v) is 18.3. The summed E-state index contributed by atoms with van der Waals surface area (Å²) in [6.07, 6.45) is 14.7. The zero-order valence-electron chi connectivity index (χ0n) is 12.3. The van der Waals surface area contributed by atoms with Gasteiger partial charge in [-0.25, -0.2) is 0 Å². The van der Waals surface area contributed by atoms with Crippen LogP contribution in [0.15, 0.2) is 0 Å². The number of rotatable bonds is 11. The fourth-order valence-corrected chi connectivity index (χ4v) is 4.89. The molecule has 0 rings (SSSR count). The Morgan fingerprint density at radius 1 is 0.562 bits per heavy atom. The zero-order chi connectivity index (χ0) is 12.3. The van der Waals surface area contributed by atoms with E-state index in [1.807, 2.05) is 0 Å². The SMILES string of the molecule is CCCCCCCCCCC[CH2][Ge]([CH3])([CH3])[CH3]. The van der Waals surface area contributed by atoms with Crippen molar-refractivity contribution in [2.75, 3.05) is 0 Å². The van der Waals surface area contributed by atoms with E-state index in [0.29, 0.717) is 0 Å². The van der Waals surface area contributed by atoms with Gasteiger partial charge in [0.05, 0.1) is 0 Å². The van der Waals surface area contributed by atoms with E-state index in [9.17, 15) is 0 Å². The Bertz CT molecular complexity index is 135. The zero-order valence-corrected chi connectivity index (χ0v) is 14.4. The van der Waals surface area contributed by atoms with Crippen molar-refractivity contribution >= 4 is 13.3 Å². The first-order valence-electron chi connectivity index (χ1n) is 7.56. The molecule has 16 heavy (non-hydrogen) atoms. The Morgan fingerprint density at radius 3 is 1.31 bits per heavy atom. The topological polar surface area (TPSA) is 0 Å². The van der Waals surface area contributed by atoms with E-state index in [0.717, 1.165) is 0 Å². The first kappa shape index (κ1) is 16.5. The van der Waals surface area contributed by atoms with E-state index in [4.69, 9.17) is 0 Å². The number of hydrogen-bond donors (Lipinski definition) is 0. The van der Waals surface area contributed by atoms with Crippen molar-refractivity contribution in [1.82, 2.24) is 0 Å². The second-order valence-electron chi connectivity index (χ2n) is 6.49. The van der Waals surface area contributed by atoms with E-state index < -0.39 is 13.3 Å². The molecule has 0 heterocycles. The predicted octanol–water partition coefficient (Wildman–Crippen LogP) is 6.25. The Kier molecular flexibility index (Phi) is 11.0. The van der Waals surface area contributed by atoms with Gasteiger partial charge in [0.25, 0.3) is 0 Å². The van der Waals surface area contributed by atoms with E-state index in [1.165, 1.54) is 64.2 Å². The minimum absolute atomic E-state index is 1.20. The molecule has 0 atom stereocenters. The first-order valence-corrected chi connectivity index (χ1v) is 15.3. The van der Waals surface area contributed by atoms with Gasteiger partial charge in [-0.1, -0.05) is 0 Å². The number of hydrogen-bond acceptors (Lipinski definition) is 0. The van der Waals surface area contributed by atoms with Crippen molar-refractivity contribution in [3.63, 3.8) is 0 Å². The molecule has 0 saturated carbocycles. The van der Waals surface area contributed by atoms with Crippen LogP contribution in [0.4, 0.5) is 0 Å². The molecule has 0 unspecified atom stereocenters. The second kappa shape index (κ2) is 10.7. The molecule has 0 aromatic rings. The molecule has 0 aliphatic rings. The van der Waals surface area contributed by atoms with Gasteiger partial charge in [0.2, 0.25) is 0 Å². The molecule has 1 heteroatoms. The molecule has 0 radical (unpaired) electrons. The van der Waals surface area contributed by atoms with Gasteiger partial charge in [-0.15, -0.1) is 0 Å². The van der Waals surface area contributed by atoms with Crippen LogP contribution < -0.4 is 0 Å². The van der Waals surface area contributed by atoms with Gasteiger partial charge in [-0.3, -0.25) is 0 Å². The molecule has 0 nitrogen and oxygen atoms in total. The van der Waals surface area contributed by atoms with E-state index in [2.05, 4.69) is 24.2 Å². The molecular formula is C15H34Ge. The van der Waals surface area contributed by atoms with Crippen LogP contribution in [-0.4, -0.2) is 13.3 Å². The van der Waals surface area contributed by atoms with Crippen LogP contribution >= 0.6 is 0 Å². The molecule has 0 aromatic heterocycles. The maximum absolute atomic E-state index is 2.54. The van der Waals surface area contributed by atoms with Crippen LogP contribution in [0.3, 0.4) is 0 Å². The molecule has 0 N–H and O–H groups in total. The van der Waals surface area contributed by atoms with Crippen molar-refractivity contribution in [3.05, 3.63) is 0 Å². The van der Waals surface area contributed by atoms with Crippen molar-refractivity contribution in [1.29, 1.82) is 0 Å². The third-order valence-electron chi connectivity index (χ3n) is 3.28. The van der Waals surface area contributed by atoms with Gasteiger partial charge in [-0.05, 0) is 0 Å². The van der Waals surface area contributed by atoms with Crippen molar-refractivity contribution in [2.24, 2.45) is 0 Å². The van der Waals surface area contributed by atoms with Gasteiger partial charge >= 0.3 is 107 Å². The summed E-state index contributed by atoms with van der Waals surface area (Å²) < 4.78 is 0. The van der Waals surface area contributed by atoms with Crippen molar-refractivity contribution < 1.29 is 0 Å². The number of unbranched alkanes of at least 4 members (excludes halogenated alkanes) is 9. The molecule has 0 amide bonds. The first-order chi connectivity index (χ1) is 7.56. The molecule has 0 aliphatic carbocycles. The van der Waals surface area contributed by atoms with Crippen LogP contribution in [0.2, 0.25) is 22.5 Å². The standard InChI is InChI=1S/C15H34Ge/c1-5-6-7-8-9-10-11-12-13-14-15-16(2,3)4/h5-15H2,1-4H3. The van der Waals surface area contributed by atoms with E-state index in [-0.39, 0.29) is 0 Å². The van der Waals surface area contributed by atoms with Gasteiger partial charge in [-0.2, -0.15) is 0 Å². The Labute approximate surface area is 107 Å². The fraction of sp³-hybridized carbons (Fsp3) is 1.00. The Morgan fingerprint density at radius 2 is 0.938 bits per heavy atom. The molecule has 0 fully saturated rings. The summed E-state index contributed by atoms with van der Waals surface area (Å²) in [4.78, 5) is 0. The fourth-order valence-electron chi connectivity index (χ4n) is 2.14. The summed E-state index contributed by atoms with van der Waals surface area (Å²) in [6.45, 7) is 2.29. The van der Waals surface area contributed by atoms with Crippen LogP contribution in [0, 0.1) is 0 Å². The van der Waals surface area contributed by atoms with Crippen molar-refractivity contribution in [2.45, 2.75) is 93.7 Å². The quantitative estimate of drug-likeness (QED) is 0.311. The summed E-state index contributed by atoms with van der Waals surface area (Å²) in [5.74, 6) is 7.61. The predicted molar refractivity (Wildman–Crippen MR) is 80.0 cm³/mol. The summed E-state index contributed by atoms with van der Waals surface area (Å²) in [7, 11) is 0. The molecular weight excluding hydrogens is 253 g/mol. The molecule has 0 spiro atoms. The van der Waals surface area contributed by atoms with Gasteiger partial charge < -0.3 is 0 Å². The van der Waals surface area contributed by atoms with Crippen LogP contribution in [0.5, 0.6) is 0 Å². The van der Waals surface area contributed by atoms with E-state index in [1.54, 1.807) is 5.25 Å². The minimum atomic E-state index is -1.20. The summed E-state index contributed by atoms with van der Waals surface area (Å²) in [5, 5.41) is 1.58. The average molecular weight is 287 g/mol. The Balaban J connectivity index is 2.99. The van der Waals surface area contributed by atoms with Crippen molar-refractivity contribution in [3.8, 4) is 0 Å². The van der Waals surface area contributed by atoms with E-state index >= 15 is 0 Å². The molecule has 98 valence electrons.